The number of nitrogens with one attached hydrogen (secondary N) is 2. The van der Waals surface area contributed by atoms with Crippen molar-refractivity contribution < 1.29 is 4.74 Å². The number of nitrogens with zero attached hydrogens (tertiary/aromatic N) is 3. The lowest BCUT2D eigenvalue weighted by Crippen LogP contribution is -2.53. The minimum atomic E-state index is 0. The molecule has 2 aromatic rings. The molecule has 0 aliphatic carbocycles. The lowest BCUT2D eigenvalue weighted by Gasteiger charge is -2.37. The van der Waals surface area contributed by atoms with E-state index in [-0.39, 0.29) is 24.0 Å². The predicted molar refractivity (Wildman–Crippen MR) is 135 cm³/mol. The molecule has 0 saturated carbocycles. The van der Waals surface area contributed by atoms with Gasteiger partial charge in [-0.05, 0) is 56.4 Å². The van der Waals surface area contributed by atoms with Gasteiger partial charge in [-0.3, -0.25) is 4.90 Å². The molecular formula is C23H36IN5O. The van der Waals surface area contributed by atoms with Crippen molar-refractivity contribution in [1.29, 1.82) is 0 Å². The van der Waals surface area contributed by atoms with Gasteiger partial charge in [-0.25, -0.2) is 4.99 Å². The number of rotatable bonds is 5. The van der Waals surface area contributed by atoms with Crippen molar-refractivity contribution in [2.75, 3.05) is 52.5 Å². The zero-order valence-electron chi connectivity index (χ0n) is 18.5. The first-order valence-electron chi connectivity index (χ1n) is 11.0. The summed E-state index contributed by atoms with van der Waals surface area (Å²) in [6.07, 6.45) is 1.22. The van der Waals surface area contributed by atoms with E-state index in [4.69, 9.17) is 9.73 Å². The molecule has 2 fully saturated rings. The Morgan fingerprint density at radius 3 is 2.73 bits per heavy atom. The van der Waals surface area contributed by atoms with Crippen molar-refractivity contribution in [3.8, 4) is 0 Å². The van der Waals surface area contributed by atoms with E-state index in [0.29, 0.717) is 6.54 Å². The fourth-order valence-electron chi connectivity index (χ4n) is 4.43. The second kappa shape index (κ2) is 10.8. The van der Waals surface area contributed by atoms with Crippen LogP contribution in [0.1, 0.15) is 30.2 Å². The Hall–Kier alpha value is -1.32. The van der Waals surface area contributed by atoms with E-state index < -0.39 is 0 Å². The highest BCUT2D eigenvalue weighted by molar-refractivity contribution is 14.0. The molecule has 0 amide bonds. The van der Waals surface area contributed by atoms with Crippen LogP contribution in [0, 0.1) is 19.8 Å². The van der Waals surface area contributed by atoms with Crippen molar-refractivity contribution in [1.82, 2.24) is 20.1 Å². The summed E-state index contributed by atoms with van der Waals surface area (Å²) >= 11 is 0. The zero-order valence-corrected chi connectivity index (χ0v) is 20.9. The molecular weight excluding hydrogens is 489 g/mol. The van der Waals surface area contributed by atoms with Crippen molar-refractivity contribution in [3.05, 3.63) is 35.0 Å². The first-order chi connectivity index (χ1) is 14.1. The highest BCUT2D eigenvalue weighted by Gasteiger charge is 2.24. The van der Waals surface area contributed by atoms with Crippen LogP contribution in [0.3, 0.4) is 0 Å². The Bertz CT molecular complexity index is 851. The van der Waals surface area contributed by atoms with E-state index in [1.807, 2.05) is 0 Å². The van der Waals surface area contributed by atoms with Gasteiger partial charge in [0.25, 0.3) is 0 Å². The summed E-state index contributed by atoms with van der Waals surface area (Å²) in [5, 5.41) is 4.80. The van der Waals surface area contributed by atoms with Crippen LogP contribution in [-0.4, -0.2) is 73.2 Å². The summed E-state index contributed by atoms with van der Waals surface area (Å²) in [6.45, 7) is 15.4. The third-order valence-corrected chi connectivity index (χ3v) is 6.33. The van der Waals surface area contributed by atoms with Gasteiger partial charge in [-0.15, -0.1) is 24.0 Å². The number of fused-ring (bicyclic) bond motifs is 1. The predicted octanol–water partition coefficient (Wildman–Crippen LogP) is 3.52. The summed E-state index contributed by atoms with van der Waals surface area (Å²) in [6, 6.07) is 6.65. The summed E-state index contributed by atoms with van der Waals surface area (Å²) in [5.74, 6) is 1.76. The number of halogens is 1. The van der Waals surface area contributed by atoms with Crippen LogP contribution in [0.4, 0.5) is 0 Å². The number of aliphatic imine (C=N–C) groups is 1. The van der Waals surface area contributed by atoms with Gasteiger partial charge >= 0.3 is 0 Å². The van der Waals surface area contributed by atoms with Crippen molar-refractivity contribution in [2.24, 2.45) is 10.9 Å². The van der Waals surface area contributed by atoms with Gasteiger partial charge in [0.15, 0.2) is 5.96 Å². The Morgan fingerprint density at radius 2 is 2.03 bits per heavy atom. The number of H-pyrrole nitrogens is 1. The van der Waals surface area contributed by atoms with Crippen molar-refractivity contribution in [2.45, 2.75) is 33.7 Å². The standard InChI is InChI=1S/C23H35N5O.HI/c1-4-24-23(28-10-8-27(9-11-28)15-20-7-12-29-16-20)25-14-19-5-6-22-21(13-19)17(2)18(3)26-22;/h5-6,13,20,26H,4,7-12,14-16H2,1-3H3,(H,24,25);1H. The van der Waals surface area contributed by atoms with Gasteiger partial charge < -0.3 is 19.9 Å². The van der Waals surface area contributed by atoms with E-state index in [1.165, 1.54) is 40.7 Å². The van der Waals surface area contributed by atoms with Crippen LogP contribution in [-0.2, 0) is 11.3 Å². The number of aromatic nitrogens is 1. The Morgan fingerprint density at radius 1 is 1.23 bits per heavy atom. The van der Waals surface area contributed by atoms with E-state index in [2.05, 4.69) is 59.1 Å². The Balaban J connectivity index is 0.00000256. The number of benzene rings is 1. The molecule has 166 valence electrons. The van der Waals surface area contributed by atoms with Gasteiger partial charge in [-0.2, -0.15) is 0 Å². The molecule has 0 radical (unpaired) electrons. The Kier molecular flexibility index (Phi) is 8.42. The van der Waals surface area contributed by atoms with Crippen molar-refractivity contribution in [3.63, 3.8) is 0 Å². The largest absolute Gasteiger partial charge is 0.381 e. The fourth-order valence-corrected chi connectivity index (χ4v) is 4.43. The second-order valence-corrected chi connectivity index (χ2v) is 8.44. The van der Waals surface area contributed by atoms with Gasteiger partial charge in [0, 0.05) is 62.5 Å². The van der Waals surface area contributed by atoms with E-state index in [1.54, 1.807) is 0 Å². The molecule has 1 aromatic heterocycles. The maximum atomic E-state index is 5.53. The molecule has 4 rings (SSSR count). The van der Waals surface area contributed by atoms with Crippen LogP contribution in [0.25, 0.3) is 10.9 Å². The minimum Gasteiger partial charge on any atom is -0.381 e. The van der Waals surface area contributed by atoms with E-state index in [9.17, 15) is 0 Å². The summed E-state index contributed by atoms with van der Waals surface area (Å²) < 4.78 is 5.53. The minimum absolute atomic E-state index is 0. The van der Waals surface area contributed by atoms with Crippen LogP contribution < -0.4 is 5.32 Å². The lowest BCUT2D eigenvalue weighted by molar-refractivity contribution is 0.139. The van der Waals surface area contributed by atoms with Gasteiger partial charge in [0.05, 0.1) is 13.2 Å². The van der Waals surface area contributed by atoms with Gasteiger partial charge in [-0.1, -0.05) is 6.07 Å². The van der Waals surface area contributed by atoms with Crippen LogP contribution >= 0.6 is 24.0 Å². The number of aromatic amines is 1. The highest BCUT2D eigenvalue weighted by atomic mass is 127. The third-order valence-electron chi connectivity index (χ3n) is 6.33. The number of guanidine groups is 1. The topological polar surface area (TPSA) is 55.9 Å². The van der Waals surface area contributed by atoms with E-state index in [0.717, 1.165) is 57.8 Å². The quantitative estimate of drug-likeness (QED) is 0.357. The summed E-state index contributed by atoms with van der Waals surface area (Å²) in [5.41, 5.74) is 5.05. The number of aryl methyl sites for hydroxylation is 2. The first-order valence-corrected chi connectivity index (χ1v) is 11.0. The maximum Gasteiger partial charge on any atom is 0.194 e. The monoisotopic (exact) mass is 525 g/mol. The van der Waals surface area contributed by atoms with Crippen LogP contribution in [0.2, 0.25) is 0 Å². The average molecular weight is 525 g/mol. The smallest absolute Gasteiger partial charge is 0.194 e. The van der Waals surface area contributed by atoms with Crippen molar-refractivity contribution >= 4 is 40.8 Å². The molecule has 1 aromatic carbocycles. The Labute approximate surface area is 197 Å². The molecule has 1 unspecified atom stereocenters. The average Bonchev–Trinajstić information content (AvgIpc) is 3.34. The molecule has 2 saturated heterocycles. The number of piperazine rings is 1. The second-order valence-electron chi connectivity index (χ2n) is 8.44. The molecule has 2 N–H and O–H groups in total. The van der Waals surface area contributed by atoms with Crippen LogP contribution in [0.15, 0.2) is 23.2 Å². The maximum absolute atomic E-state index is 5.53. The molecule has 0 spiro atoms. The molecule has 7 heteroatoms. The number of hydrogen-bond acceptors (Lipinski definition) is 3. The molecule has 3 heterocycles. The highest BCUT2D eigenvalue weighted by Crippen LogP contribution is 2.23. The lowest BCUT2D eigenvalue weighted by atomic mass is 10.1. The fraction of sp³-hybridized carbons (Fsp3) is 0.609. The molecule has 6 nitrogen and oxygen atoms in total. The molecule has 2 aliphatic rings. The number of hydrogen-bond donors (Lipinski definition) is 2. The molecule has 1 atom stereocenters. The number of ether oxygens (including phenoxy) is 1. The van der Waals surface area contributed by atoms with Crippen LogP contribution in [0.5, 0.6) is 0 Å². The summed E-state index contributed by atoms with van der Waals surface area (Å²) in [7, 11) is 0. The first kappa shape index (κ1) is 23.3. The normalized spacial score (nSPS) is 20.6. The molecule has 30 heavy (non-hydrogen) atoms. The SMILES string of the molecule is CCNC(=NCc1ccc2[nH]c(C)c(C)c2c1)N1CCN(CC2CCOC2)CC1.I. The van der Waals surface area contributed by atoms with Gasteiger partial charge in [0.1, 0.15) is 0 Å². The summed E-state index contributed by atoms with van der Waals surface area (Å²) in [4.78, 5) is 13.4. The zero-order chi connectivity index (χ0) is 20.2. The third kappa shape index (κ3) is 5.48. The molecule has 2 aliphatic heterocycles. The van der Waals surface area contributed by atoms with Gasteiger partial charge in [0.2, 0.25) is 0 Å². The molecule has 0 bridgehead atoms. The van der Waals surface area contributed by atoms with E-state index >= 15 is 0 Å².